The Balaban J connectivity index is 0.000000340. The van der Waals surface area contributed by atoms with E-state index in [-0.39, 0.29) is 55.5 Å². The van der Waals surface area contributed by atoms with Crippen molar-refractivity contribution in [3.8, 4) is 11.5 Å². The fraction of sp³-hybridized carbons (Fsp3) is 0.450. The number of nitrogens with zero attached hydrogens (tertiary/aromatic N) is 2. The van der Waals surface area contributed by atoms with Crippen LogP contribution >= 0.6 is 12.4 Å². The van der Waals surface area contributed by atoms with Crippen molar-refractivity contribution in [2.24, 2.45) is 0 Å². The molecule has 0 amide bonds. The first-order valence-corrected chi connectivity index (χ1v) is 23.8. The highest BCUT2D eigenvalue weighted by Crippen LogP contribution is 2.37. The fourth-order valence-electron chi connectivity index (χ4n) is 4.57. The molecule has 304 valence electrons. The number of ether oxygens (including phenoxy) is 1. The maximum absolute atomic E-state index is 12.6. The van der Waals surface area contributed by atoms with Gasteiger partial charge in [-0.25, -0.2) is 26.8 Å². The first kappa shape index (κ1) is 47.5. The molecular weight excluding hydrogens is 776 g/mol. The first-order valence-electron chi connectivity index (χ1n) is 17.9. The summed E-state index contributed by atoms with van der Waals surface area (Å²) in [7, 11) is -9.34. The Morgan fingerprint density at radius 1 is 0.636 bits per heavy atom. The van der Waals surface area contributed by atoms with E-state index < -0.39 is 28.4 Å². The van der Waals surface area contributed by atoms with Crippen LogP contribution in [0.3, 0.4) is 0 Å². The van der Waals surface area contributed by atoms with Crippen LogP contribution in [0.15, 0.2) is 95.0 Å². The highest BCUT2D eigenvalue weighted by Gasteiger charge is 2.39. The minimum atomic E-state index is -3.69. The van der Waals surface area contributed by atoms with Gasteiger partial charge in [-0.15, -0.1) is 12.4 Å². The van der Waals surface area contributed by atoms with Gasteiger partial charge in [-0.05, 0) is 101 Å². The Morgan fingerprint density at radius 3 is 1.33 bits per heavy atom. The molecular formula is C40H59ClN4O7S2Si. The second kappa shape index (κ2) is 19.0. The summed E-state index contributed by atoms with van der Waals surface area (Å²) >= 11 is 0. The number of sulfonamides is 2. The van der Waals surface area contributed by atoms with Crippen LogP contribution in [0.25, 0.3) is 0 Å². The Hall–Kier alpha value is -3.69. The number of benzene rings is 2. The van der Waals surface area contributed by atoms with Crippen molar-refractivity contribution in [2.75, 3.05) is 22.7 Å². The largest absolute Gasteiger partial charge is 0.542 e. The summed E-state index contributed by atoms with van der Waals surface area (Å²) in [4.78, 5) is 8.41. The highest BCUT2D eigenvalue weighted by atomic mass is 35.5. The van der Waals surface area contributed by atoms with Crippen LogP contribution in [0.4, 0.5) is 11.6 Å². The molecule has 0 unspecified atom stereocenters. The van der Waals surface area contributed by atoms with Gasteiger partial charge in [0.2, 0.25) is 0 Å². The van der Waals surface area contributed by atoms with Gasteiger partial charge in [-0.1, -0.05) is 86.6 Å². The quantitative estimate of drug-likeness (QED) is 0.147. The van der Waals surface area contributed by atoms with E-state index in [1.807, 2.05) is 12.1 Å². The molecule has 1 aliphatic rings. The molecule has 15 heteroatoms. The van der Waals surface area contributed by atoms with Crippen LogP contribution < -0.4 is 13.9 Å². The van der Waals surface area contributed by atoms with Gasteiger partial charge in [-0.3, -0.25) is 9.44 Å². The molecule has 2 aromatic heterocycles. The molecule has 55 heavy (non-hydrogen) atoms. The van der Waals surface area contributed by atoms with Gasteiger partial charge < -0.3 is 14.3 Å². The summed E-state index contributed by atoms with van der Waals surface area (Å²) < 4.78 is 65.8. The molecule has 2 aromatic carbocycles. The van der Waals surface area contributed by atoms with Crippen molar-refractivity contribution in [3.05, 3.63) is 96.3 Å². The molecule has 1 saturated heterocycles. The summed E-state index contributed by atoms with van der Waals surface area (Å²) in [5.74, 6) is 1.06. The molecule has 3 heterocycles. The second-order valence-corrected chi connectivity index (χ2v) is 24.8. The maximum atomic E-state index is 12.6. The van der Waals surface area contributed by atoms with Gasteiger partial charge in [0.25, 0.3) is 28.4 Å². The van der Waals surface area contributed by atoms with E-state index in [0.717, 1.165) is 24.3 Å². The number of nitrogens with one attached hydrogen (secondary N) is 2. The van der Waals surface area contributed by atoms with Crippen molar-refractivity contribution in [1.29, 1.82) is 0 Å². The zero-order valence-electron chi connectivity index (χ0n) is 33.9. The SMILES string of the molecule is C1CCOC1.CC(C)(C)c1ccc(S(=O)(=O)Nc2ccc(O)cn2)cc1.CC(C)(C)c1ccc(S(=O)(=O)Nc2ccc(O[Si](C)(C)C(C)(C)C)cn2)cc1.Cl. The number of halogens is 1. The van der Waals surface area contributed by atoms with E-state index in [9.17, 15) is 16.8 Å². The number of anilines is 2. The molecule has 0 spiro atoms. The van der Waals surface area contributed by atoms with E-state index >= 15 is 0 Å². The number of aromatic nitrogens is 2. The number of hydrogen-bond acceptors (Lipinski definition) is 9. The number of hydrogen-bond donors (Lipinski definition) is 3. The standard InChI is InChI=1S/C21H32N2O3SSi.C15H18N2O3S.C4H8O.ClH/c1-20(2,3)16-9-12-18(13-10-16)27(24,25)23-19-14-11-17(15-22-19)26-28(7,8)21(4,5)6;1-15(2,3)11-4-7-13(8-5-11)21(19,20)17-14-9-6-12(18)10-16-14;1-2-4-5-3-1;/h9-15H,1-8H3,(H,22,23);4-10,18H,1-3H3,(H,16,17);1-4H2;1H. The molecule has 1 aliphatic heterocycles. The minimum Gasteiger partial charge on any atom is -0.542 e. The lowest BCUT2D eigenvalue weighted by molar-refractivity contribution is 0.198. The molecule has 11 nitrogen and oxygen atoms in total. The summed E-state index contributed by atoms with van der Waals surface area (Å²) in [5.41, 5.74) is 2.08. The first-order chi connectivity index (χ1) is 24.8. The zero-order chi connectivity index (χ0) is 40.6. The lowest BCUT2D eigenvalue weighted by Crippen LogP contribution is -2.43. The van der Waals surface area contributed by atoms with E-state index in [2.05, 4.69) is 94.8 Å². The van der Waals surface area contributed by atoms with Crippen molar-refractivity contribution < 1.29 is 31.1 Å². The van der Waals surface area contributed by atoms with Crippen LogP contribution in [-0.4, -0.2) is 53.4 Å². The second-order valence-electron chi connectivity index (χ2n) is 16.7. The summed E-state index contributed by atoms with van der Waals surface area (Å²) in [5, 5.41) is 9.21. The lowest BCUT2D eigenvalue weighted by Gasteiger charge is -2.36. The normalized spacial score (nSPS) is 13.6. The van der Waals surface area contributed by atoms with Crippen LogP contribution in [-0.2, 0) is 35.6 Å². The molecule has 3 N–H and O–H groups in total. The van der Waals surface area contributed by atoms with Gasteiger partial charge in [0.05, 0.1) is 22.2 Å². The lowest BCUT2D eigenvalue weighted by atomic mass is 9.87. The summed E-state index contributed by atoms with van der Waals surface area (Å²) in [6, 6.07) is 19.8. The third-order valence-electron chi connectivity index (χ3n) is 9.03. The van der Waals surface area contributed by atoms with Gasteiger partial charge in [0.1, 0.15) is 23.1 Å². The van der Waals surface area contributed by atoms with Crippen LogP contribution in [0, 0.1) is 0 Å². The number of aromatic hydroxyl groups is 1. The highest BCUT2D eigenvalue weighted by molar-refractivity contribution is 7.93. The smallest absolute Gasteiger partial charge is 0.263 e. The van der Waals surface area contributed by atoms with Crippen LogP contribution in [0.2, 0.25) is 18.1 Å². The average Bonchev–Trinajstić information content (AvgIpc) is 3.66. The van der Waals surface area contributed by atoms with Crippen molar-refractivity contribution in [1.82, 2.24) is 9.97 Å². The van der Waals surface area contributed by atoms with Gasteiger partial charge in [0.15, 0.2) is 0 Å². The van der Waals surface area contributed by atoms with Gasteiger partial charge >= 0.3 is 0 Å². The Kier molecular flexibility index (Phi) is 16.4. The third-order valence-corrected chi connectivity index (χ3v) is 16.1. The molecule has 0 atom stereocenters. The summed E-state index contributed by atoms with van der Waals surface area (Å²) in [6.07, 6.45) is 5.31. The van der Waals surface area contributed by atoms with Crippen LogP contribution in [0.1, 0.15) is 86.3 Å². The molecule has 0 saturated carbocycles. The Labute approximate surface area is 336 Å². The Morgan fingerprint density at radius 2 is 1.04 bits per heavy atom. The van der Waals surface area contributed by atoms with Crippen LogP contribution in [0.5, 0.6) is 11.5 Å². The van der Waals surface area contributed by atoms with E-state index in [0.29, 0.717) is 5.75 Å². The average molecular weight is 836 g/mol. The molecule has 1 fully saturated rings. The third kappa shape index (κ3) is 14.7. The van der Waals surface area contributed by atoms with E-state index in [1.165, 1.54) is 31.2 Å². The molecule has 4 aromatic rings. The molecule has 0 bridgehead atoms. The van der Waals surface area contributed by atoms with Gasteiger partial charge in [-0.2, -0.15) is 0 Å². The van der Waals surface area contributed by atoms with Gasteiger partial charge in [0, 0.05) is 13.2 Å². The predicted octanol–water partition coefficient (Wildman–Crippen LogP) is 9.67. The Bertz CT molecular complexity index is 2000. The summed E-state index contributed by atoms with van der Waals surface area (Å²) in [6.45, 7) is 25.3. The van der Waals surface area contributed by atoms with Crippen molar-refractivity contribution in [3.63, 3.8) is 0 Å². The topological polar surface area (TPSA) is 157 Å². The van der Waals surface area contributed by atoms with Crippen molar-refractivity contribution >= 4 is 52.4 Å². The number of pyridine rings is 2. The minimum absolute atomic E-state index is 0. The molecule has 0 radical (unpaired) electrons. The van der Waals surface area contributed by atoms with Crippen molar-refractivity contribution in [2.45, 2.75) is 114 Å². The van der Waals surface area contributed by atoms with E-state index in [1.54, 1.807) is 54.7 Å². The predicted molar refractivity (Wildman–Crippen MR) is 227 cm³/mol. The molecule has 0 aliphatic carbocycles. The maximum Gasteiger partial charge on any atom is 0.263 e. The monoisotopic (exact) mass is 834 g/mol. The number of rotatable bonds is 8. The zero-order valence-corrected chi connectivity index (χ0v) is 37.4. The fourth-order valence-corrected chi connectivity index (χ4v) is 7.60. The van der Waals surface area contributed by atoms with E-state index in [4.69, 9.17) is 14.3 Å². The molecule has 5 rings (SSSR count).